The zero-order valence-electron chi connectivity index (χ0n) is 34.8. The smallest absolute Gasteiger partial charge is 0.410 e. The highest BCUT2D eigenvalue weighted by Crippen LogP contribution is 2.56. The molecule has 324 valence electrons. The summed E-state index contributed by atoms with van der Waals surface area (Å²) in [5.41, 5.74) is 9.75. The monoisotopic (exact) mass is 865 g/mol. The molecule has 2 amide bonds. The number of ether oxygens (including phenoxy) is 8. The van der Waals surface area contributed by atoms with Crippen LogP contribution in [0.4, 0.5) is 10.7 Å². The summed E-state index contributed by atoms with van der Waals surface area (Å²) in [5, 5.41) is 3.58. The number of hydrogen-bond acceptors (Lipinski definition) is 15. The van der Waals surface area contributed by atoms with E-state index in [9.17, 15) is 14.4 Å². The quantitative estimate of drug-likeness (QED) is 0.125. The number of piperidine rings is 1. The third-order valence-electron chi connectivity index (χ3n) is 12.1. The van der Waals surface area contributed by atoms with Gasteiger partial charge in [-0.1, -0.05) is 12.1 Å². The van der Waals surface area contributed by atoms with Gasteiger partial charge in [0.25, 0.3) is 5.91 Å². The topological polar surface area (TPSA) is 192 Å². The summed E-state index contributed by atoms with van der Waals surface area (Å²) in [7, 11) is 4.62. The third-order valence-corrected chi connectivity index (χ3v) is 13.2. The molecule has 9 rings (SSSR count). The highest BCUT2D eigenvalue weighted by atomic mass is 32.1. The lowest BCUT2D eigenvalue weighted by Gasteiger charge is -2.40. The number of esters is 1. The average molecular weight is 866 g/mol. The van der Waals surface area contributed by atoms with Crippen LogP contribution in [0.25, 0.3) is 21.5 Å². The lowest BCUT2D eigenvalue weighted by Crippen LogP contribution is -2.42. The van der Waals surface area contributed by atoms with Gasteiger partial charge in [0.2, 0.25) is 18.5 Å². The van der Waals surface area contributed by atoms with E-state index in [2.05, 4.69) is 15.3 Å². The van der Waals surface area contributed by atoms with Crippen LogP contribution in [0, 0.1) is 17.8 Å². The summed E-state index contributed by atoms with van der Waals surface area (Å²) in [6.45, 7) is 4.05. The van der Waals surface area contributed by atoms with E-state index in [1.807, 2.05) is 55.5 Å². The number of thiophene rings is 1. The van der Waals surface area contributed by atoms with Gasteiger partial charge in [-0.05, 0) is 85.7 Å². The van der Waals surface area contributed by atoms with Gasteiger partial charge < -0.3 is 53.8 Å². The van der Waals surface area contributed by atoms with Crippen molar-refractivity contribution in [1.82, 2.24) is 20.2 Å². The number of fused-ring (bicyclic) bond motifs is 4. The Balaban J connectivity index is 0.868. The molecular formula is C45H47N5O11S. The summed E-state index contributed by atoms with van der Waals surface area (Å²) in [6.07, 6.45) is 1.13. The molecule has 4 atom stereocenters. The van der Waals surface area contributed by atoms with E-state index in [1.165, 1.54) is 18.4 Å². The molecule has 3 aliphatic heterocycles. The van der Waals surface area contributed by atoms with Crippen molar-refractivity contribution in [2.75, 3.05) is 66.7 Å². The second-order valence-electron chi connectivity index (χ2n) is 15.6. The number of nitrogens with two attached hydrogens (primary N) is 1. The highest BCUT2D eigenvalue weighted by Gasteiger charge is 2.54. The number of nitrogens with one attached hydrogen (secondary N) is 1. The number of likely N-dealkylation sites (tertiary alicyclic amines) is 1. The zero-order valence-corrected chi connectivity index (χ0v) is 35.6. The van der Waals surface area contributed by atoms with Crippen molar-refractivity contribution in [2.24, 2.45) is 17.8 Å². The van der Waals surface area contributed by atoms with Gasteiger partial charge in [0.05, 0.1) is 51.0 Å². The van der Waals surface area contributed by atoms with E-state index in [1.54, 1.807) is 25.2 Å². The molecule has 3 N–H and O–H groups in total. The van der Waals surface area contributed by atoms with Crippen LogP contribution < -0.4 is 39.5 Å². The van der Waals surface area contributed by atoms with Crippen LogP contribution in [-0.2, 0) is 14.3 Å². The molecule has 3 aromatic carbocycles. The zero-order chi connectivity index (χ0) is 43.1. The van der Waals surface area contributed by atoms with Gasteiger partial charge in [0.15, 0.2) is 23.0 Å². The average Bonchev–Trinajstić information content (AvgIpc) is 4.04. The van der Waals surface area contributed by atoms with Crippen LogP contribution in [0.2, 0.25) is 0 Å². The first-order chi connectivity index (χ1) is 30.2. The van der Waals surface area contributed by atoms with Crippen molar-refractivity contribution in [3.05, 3.63) is 76.2 Å². The molecule has 17 heteroatoms. The fourth-order valence-electron chi connectivity index (χ4n) is 9.13. The summed E-state index contributed by atoms with van der Waals surface area (Å²) < 4.78 is 46.9. The SMILES string of the molecule is CCNC(=O)c1cc2c(-c3cccc(OCCC4CCN(C(=O)O[C@H]5c6cc7c(cc6[C@@H](c6cc(OC)c(OC)c(OC)c6)[C@H]6C(=O)OC[C@@H]65)OCO7)CC4)c3)nc(N)nc2s1. The number of benzene rings is 3. The van der Waals surface area contributed by atoms with E-state index < -0.39 is 30.0 Å². The number of cyclic esters (lactones) is 1. The first-order valence-corrected chi connectivity index (χ1v) is 21.4. The summed E-state index contributed by atoms with van der Waals surface area (Å²) >= 11 is 1.28. The summed E-state index contributed by atoms with van der Waals surface area (Å²) in [5.74, 6) is 1.37. The summed E-state index contributed by atoms with van der Waals surface area (Å²) in [4.78, 5) is 52.0. The Morgan fingerprint density at radius 3 is 2.39 bits per heavy atom. The molecule has 0 spiro atoms. The van der Waals surface area contributed by atoms with Crippen molar-refractivity contribution in [1.29, 1.82) is 0 Å². The molecule has 4 aliphatic rings. The van der Waals surface area contributed by atoms with Crippen molar-refractivity contribution >= 4 is 45.5 Å². The molecule has 62 heavy (non-hydrogen) atoms. The van der Waals surface area contributed by atoms with E-state index in [-0.39, 0.29) is 31.2 Å². The van der Waals surface area contributed by atoms with E-state index >= 15 is 0 Å². The molecule has 2 aromatic heterocycles. The number of aromatic nitrogens is 2. The molecule has 5 heterocycles. The first kappa shape index (κ1) is 40.9. The molecule has 0 bridgehead atoms. The molecule has 0 radical (unpaired) electrons. The number of methoxy groups -OCH3 is 3. The Morgan fingerprint density at radius 1 is 0.935 bits per heavy atom. The third kappa shape index (κ3) is 7.58. The van der Waals surface area contributed by atoms with Gasteiger partial charge in [-0.25, -0.2) is 14.8 Å². The van der Waals surface area contributed by atoms with Crippen LogP contribution in [0.1, 0.15) is 64.6 Å². The first-order valence-electron chi connectivity index (χ1n) is 20.6. The number of anilines is 1. The molecule has 5 aromatic rings. The molecule has 1 aliphatic carbocycles. The lowest BCUT2D eigenvalue weighted by atomic mass is 9.66. The van der Waals surface area contributed by atoms with Crippen molar-refractivity contribution in [3.63, 3.8) is 0 Å². The molecular weight excluding hydrogens is 819 g/mol. The van der Waals surface area contributed by atoms with Crippen molar-refractivity contribution < 1.29 is 52.3 Å². The van der Waals surface area contributed by atoms with Crippen LogP contribution in [-0.4, -0.2) is 93.8 Å². The Hall–Kier alpha value is -6.49. The second-order valence-corrected chi connectivity index (χ2v) is 16.6. The Bertz CT molecular complexity index is 2510. The number of rotatable bonds is 12. The molecule has 0 unspecified atom stereocenters. The minimum absolute atomic E-state index is 0.0540. The molecule has 16 nitrogen and oxygen atoms in total. The maximum atomic E-state index is 14.0. The predicted molar refractivity (Wildman–Crippen MR) is 227 cm³/mol. The molecule has 0 saturated carbocycles. The van der Waals surface area contributed by atoms with Gasteiger partial charge in [-0.15, -0.1) is 11.3 Å². The van der Waals surface area contributed by atoms with E-state index in [4.69, 9.17) is 43.6 Å². The fraction of sp³-hybridized carbons (Fsp3) is 0.400. The van der Waals surface area contributed by atoms with Crippen LogP contribution in [0.3, 0.4) is 0 Å². The number of nitrogen functional groups attached to an aromatic ring is 1. The standard InChI is InChI=1S/C45H47N5O11S/c1-5-47-41(51)35-20-29-38(48-44(46)49-42(29)62-35)24-7-6-8-26(15-24)57-14-11-23-9-12-50(13-10-23)45(53)61-39-28-19-32-31(59-22-60-32)18-27(28)36(37-30(39)21-58-43(37)52)25-16-33(54-2)40(56-4)34(17-25)55-3/h6-8,15-20,23,30,36-37,39H,5,9-14,21-22H2,1-4H3,(H,47,51)(H2,46,48,49)/t30-,36+,37-,39-/m0/s1. The van der Waals surface area contributed by atoms with Gasteiger partial charge in [-0.2, -0.15) is 0 Å². The minimum Gasteiger partial charge on any atom is -0.494 e. The Kier molecular flexibility index (Phi) is 11.3. The van der Waals surface area contributed by atoms with Crippen LogP contribution in [0.15, 0.2) is 54.6 Å². The van der Waals surface area contributed by atoms with Gasteiger partial charge in [0, 0.05) is 48.0 Å². The predicted octanol–water partition coefficient (Wildman–Crippen LogP) is 6.74. The number of hydrogen-bond donors (Lipinski definition) is 2. The minimum atomic E-state index is -0.777. The number of nitrogens with zero attached hydrogens (tertiary/aromatic N) is 3. The lowest BCUT2D eigenvalue weighted by molar-refractivity contribution is -0.141. The van der Waals surface area contributed by atoms with Gasteiger partial charge >= 0.3 is 12.1 Å². The van der Waals surface area contributed by atoms with Crippen molar-refractivity contribution in [3.8, 4) is 45.8 Å². The van der Waals surface area contributed by atoms with Gasteiger partial charge in [-0.3, -0.25) is 9.59 Å². The number of amides is 2. The Labute approximate surface area is 361 Å². The largest absolute Gasteiger partial charge is 0.494 e. The van der Waals surface area contributed by atoms with E-state index in [0.29, 0.717) is 82.1 Å². The maximum absolute atomic E-state index is 14.0. The van der Waals surface area contributed by atoms with E-state index in [0.717, 1.165) is 46.9 Å². The maximum Gasteiger partial charge on any atom is 0.410 e. The number of carbonyl (C=O) groups excluding carboxylic acids is 3. The fourth-order valence-corrected chi connectivity index (χ4v) is 10.1. The second kappa shape index (κ2) is 17.1. The van der Waals surface area contributed by atoms with Crippen molar-refractivity contribution in [2.45, 2.75) is 38.2 Å². The van der Waals surface area contributed by atoms with Gasteiger partial charge in [0.1, 0.15) is 16.7 Å². The van der Waals surface area contributed by atoms with Crippen LogP contribution in [0.5, 0.6) is 34.5 Å². The molecule has 2 fully saturated rings. The highest BCUT2D eigenvalue weighted by molar-refractivity contribution is 7.20. The summed E-state index contributed by atoms with van der Waals surface area (Å²) in [6, 6.07) is 16.9. The Morgan fingerprint density at radius 2 is 1.68 bits per heavy atom. The van der Waals surface area contributed by atoms with Crippen LogP contribution >= 0.6 is 11.3 Å². The normalized spacial score (nSPS) is 20.3. The molecule has 2 saturated heterocycles. The number of carbonyl (C=O) groups is 3.